The van der Waals surface area contributed by atoms with E-state index in [1.165, 1.54) is 7.11 Å². The minimum Gasteiger partial charge on any atom is -0.479 e. The van der Waals surface area contributed by atoms with Gasteiger partial charge in [-0.3, -0.25) is 0 Å². The third-order valence-corrected chi connectivity index (χ3v) is 1.98. The fourth-order valence-electron chi connectivity index (χ4n) is 1.23. The van der Waals surface area contributed by atoms with Crippen LogP contribution in [0.15, 0.2) is 10.6 Å². The van der Waals surface area contributed by atoms with Gasteiger partial charge in [0.15, 0.2) is 5.76 Å². The molecule has 0 spiro atoms. The van der Waals surface area contributed by atoms with Crippen LogP contribution in [-0.4, -0.2) is 25.5 Å². The fraction of sp³-hybridized carbons (Fsp3) is 0.625. The van der Waals surface area contributed by atoms with E-state index in [4.69, 9.17) is 18.7 Å². The molecule has 0 unspecified atom stereocenters. The molecule has 1 aliphatic heterocycles. The average Bonchev–Trinajstić information content (AvgIpc) is 2.72. The summed E-state index contributed by atoms with van der Waals surface area (Å²) in [4.78, 5) is 0. The molecule has 0 saturated carbocycles. The maximum Gasteiger partial charge on any atom is 0.254 e. The number of ether oxygens (including phenoxy) is 3. The van der Waals surface area contributed by atoms with Crippen molar-refractivity contribution in [2.75, 3.05) is 20.3 Å². The summed E-state index contributed by atoms with van der Waals surface area (Å²) < 4.78 is 20.6. The number of aromatic nitrogens is 1. The van der Waals surface area contributed by atoms with Gasteiger partial charge in [0.25, 0.3) is 5.88 Å². The predicted molar refractivity (Wildman–Crippen MR) is 42.3 cm³/mol. The molecule has 1 aromatic heterocycles. The van der Waals surface area contributed by atoms with Gasteiger partial charge in [-0.25, -0.2) is 0 Å². The van der Waals surface area contributed by atoms with Crippen molar-refractivity contribution in [3.63, 3.8) is 0 Å². The summed E-state index contributed by atoms with van der Waals surface area (Å²) in [7, 11) is 1.53. The number of methoxy groups -OCH3 is 1. The normalized spacial score (nSPS) is 20.5. The van der Waals surface area contributed by atoms with Crippen LogP contribution < -0.4 is 4.74 Å². The molecule has 0 bridgehead atoms. The molecular formula is C8H11NO4. The van der Waals surface area contributed by atoms with E-state index in [-0.39, 0.29) is 0 Å². The van der Waals surface area contributed by atoms with Crippen LogP contribution >= 0.6 is 0 Å². The second-order valence-corrected chi connectivity index (χ2v) is 2.88. The lowest BCUT2D eigenvalue weighted by atomic mass is 10.2. The molecule has 0 atom stereocenters. The van der Waals surface area contributed by atoms with Crippen LogP contribution in [0.25, 0.3) is 0 Å². The maximum absolute atomic E-state index is 5.37. The van der Waals surface area contributed by atoms with Crippen LogP contribution in [0, 0.1) is 0 Å². The molecule has 13 heavy (non-hydrogen) atoms. The highest BCUT2D eigenvalue weighted by molar-refractivity contribution is 5.14. The van der Waals surface area contributed by atoms with Crippen molar-refractivity contribution in [1.82, 2.24) is 5.16 Å². The largest absolute Gasteiger partial charge is 0.479 e. The first-order valence-electron chi connectivity index (χ1n) is 4.04. The first-order chi connectivity index (χ1) is 6.24. The highest BCUT2D eigenvalue weighted by Gasteiger charge is 2.37. The second kappa shape index (κ2) is 3.01. The Labute approximate surface area is 75.6 Å². The van der Waals surface area contributed by atoms with Crippen molar-refractivity contribution in [2.24, 2.45) is 0 Å². The summed E-state index contributed by atoms with van der Waals surface area (Å²) in [6, 6.07) is 1.66. The van der Waals surface area contributed by atoms with Gasteiger partial charge in [-0.05, 0) is 12.1 Å². The Bertz CT molecular complexity index is 290. The molecule has 0 aliphatic carbocycles. The highest BCUT2D eigenvalue weighted by Crippen LogP contribution is 2.32. The van der Waals surface area contributed by atoms with Crippen molar-refractivity contribution in [3.05, 3.63) is 11.8 Å². The minimum atomic E-state index is -0.802. The van der Waals surface area contributed by atoms with Gasteiger partial charge in [-0.15, -0.1) is 0 Å². The number of hydrogen-bond acceptors (Lipinski definition) is 5. The average molecular weight is 185 g/mol. The smallest absolute Gasteiger partial charge is 0.254 e. The Hall–Kier alpha value is -1.07. The quantitative estimate of drug-likeness (QED) is 0.685. The van der Waals surface area contributed by atoms with E-state index < -0.39 is 5.79 Å². The van der Waals surface area contributed by atoms with Crippen LogP contribution in [0.4, 0.5) is 0 Å². The molecule has 72 valence electrons. The van der Waals surface area contributed by atoms with Crippen LogP contribution in [0.3, 0.4) is 0 Å². The maximum atomic E-state index is 5.37. The van der Waals surface area contributed by atoms with E-state index in [1.54, 1.807) is 13.0 Å². The molecule has 1 saturated heterocycles. The Morgan fingerprint density at radius 1 is 1.46 bits per heavy atom. The molecule has 5 heteroatoms. The van der Waals surface area contributed by atoms with Crippen molar-refractivity contribution in [1.29, 1.82) is 0 Å². The second-order valence-electron chi connectivity index (χ2n) is 2.88. The van der Waals surface area contributed by atoms with E-state index in [0.29, 0.717) is 24.9 Å². The summed E-state index contributed by atoms with van der Waals surface area (Å²) >= 11 is 0. The zero-order valence-electron chi connectivity index (χ0n) is 7.57. The molecule has 1 fully saturated rings. The van der Waals surface area contributed by atoms with Gasteiger partial charge in [0.1, 0.15) is 0 Å². The number of hydrogen-bond donors (Lipinski definition) is 0. The molecule has 0 aromatic carbocycles. The molecule has 0 amide bonds. The topological polar surface area (TPSA) is 53.7 Å². The van der Waals surface area contributed by atoms with Crippen LogP contribution in [-0.2, 0) is 15.3 Å². The molecule has 0 N–H and O–H groups in total. The van der Waals surface area contributed by atoms with E-state index in [1.807, 2.05) is 0 Å². The van der Waals surface area contributed by atoms with Gasteiger partial charge in [0.05, 0.1) is 26.4 Å². The molecule has 5 nitrogen and oxygen atoms in total. The van der Waals surface area contributed by atoms with E-state index >= 15 is 0 Å². The zero-order valence-corrected chi connectivity index (χ0v) is 7.57. The van der Waals surface area contributed by atoms with Gasteiger partial charge in [-0.1, -0.05) is 0 Å². The first-order valence-corrected chi connectivity index (χ1v) is 4.04. The fourth-order valence-corrected chi connectivity index (χ4v) is 1.23. The third kappa shape index (κ3) is 1.40. The molecule has 2 rings (SSSR count). The van der Waals surface area contributed by atoms with Crippen LogP contribution in [0.2, 0.25) is 0 Å². The SMILES string of the molecule is COc1cc(C2(C)OCCO2)on1. The monoisotopic (exact) mass is 185 g/mol. The van der Waals surface area contributed by atoms with Gasteiger partial charge in [0.2, 0.25) is 5.79 Å². The van der Waals surface area contributed by atoms with Crippen molar-refractivity contribution >= 4 is 0 Å². The molecule has 0 radical (unpaired) electrons. The lowest BCUT2D eigenvalue weighted by molar-refractivity contribution is -0.165. The highest BCUT2D eigenvalue weighted by atomic mass is 16.7. The van der Waals surface area contributed by atoms with Gasteiger partial charge < -0.3 is 18.7 Å². The van der Waals surface area contributed by atoms with Crippen molar-refractivity contribution in [2.45, 2.75) is 12.7 Å². The summed E-state index contributed by atoms with van der Waals surface area (Å²) in [5, 5.41) is 3.67. The predicted octanol–water partition coefficient (Wildman–Crippen LogP) is 0.903. The summed E-state index contributed by atoms with van der Waals surface area (Å²) in [6.07, 6.45) is 0. The van der Waals surface area contributed by atoms with E-state index in [0.717, 1.165) is 0 Å². The number of nitrogens with zero attached hydrogens (tertiary/aromatic N) is 1. The molecule has 1 aromatic rings. The van der Waals surface area contributed by atoms with Gasteiger partial charge in [0, 0.05) is 0 Å². The first kappa shape index (κ1) is 8.52. The Morgan fingerprint density at radius 2 is 2.15 bits per heavy atom. The van der Waals surface area contributed by atoms with Gasteiger partial charge >= 0.3 is 0 Å². The molecule has 2 heterocycles. The molecule has 1 aliphatic rings. The van der Waals surface area contributed by atoms with Crippen molar-refractivity contribution in [3.8, 4) is 5.88 Å². The standard InChI is InChI=1S/C8H11NO4/c1-8(11-3-4-12-8)6-5-7(10-2)9-13-6/h5H,3-4H2,1-2H3. The minimum absolute atomic E-state index is 0.426. The van der Waals surface area contributed by atoms with Crippen LogP contribution in [0.5, 0.6) is 5.88 Å². The Kier molecular flexibility index (Phi) is 1.97. The summed E-state index contributed by atoms with van der Waals surface area (Å²) in [5.74, 6) is 0.154. The Morgan fingerprint density at radius 3 is 2.69 bits per heavy atom. The lowest BCUT2D eigenvalue weighted by Crippen LogP contribution is -2.21. The van der Waals surface area contributed by atoms with E-state index in [9.17, 15) is 0 Å². The number of rotatable bonds is 2. The summed E-state index contributed by atoms with van der Waals surface area (Å²) in [5.41, 5.74) is 0. The third-order valence-electron chi connectivity index (χ3n) is 1.98. The van der Waals surface area contributed by atoms with Crippen LogP contribution in [0.1, 0.15) is 12.7 Å². The van der Waals surface area contributed by atoms with E-state index in [2.05, 4.69) is 5.16 Å². The summed E-state index contributed by atoms with van der Waals surface area (Å²) in [6.45, 7) is 2.93. The molecular weight excluding hydrogens is 174 g/mol. The lowest BCUT2D eigenvalue weighted by Gasteiger charge is -2.17. The zero-order chi connectivity index (χ0) is 9.31. The van der Waals surface area contributed by atoms with Crippen molar-refractivity contribution < 1.29 is 18.7 Å². The van der Waals surface area contributed by atoms with Gasteiger partial charge in [-0.2, -0.15) is 0 Å². The Balaban J connectivity index is 2.23.